The molecule has 0 saturated carbocycles. The highest BCUT2D eigenvalue weighted by atomic mass is 16.2. The normalized spacial score (nSPS) is 15.1. The number of anilines is 2. The quantitative estimate of drug-likeness (QED) is 0.710. The lowest BCUT2D eigenvalue weighted by molar-refractivity contribution is -0.117. The number of nitrogens with zero attached hydrogens (tertiary/aromatic N) is 1. The summed E-state index contributed by atoms with van der Waals surface area (Å²) in [6.45, 7) is 11.7. The Morgan fingerprint density at radius 2 is 1.80 bits per heavy atom. The van der Waals surface area contributed by atoms with E-state index in [0.29, 0.717) is 0 Å². The lowest BCUT2D eigenvalue weighted by atomic mass is 9.88. The van der Waals surface area contributed by atoms with Gasteiger partial charge in [0.05, 0.1) is 11.2 Å². The van der Waals surface area contributed by atoms with E-state index in [1.807, 2.05) is 50.8 Å². The number of benzene rings is 1. The Kier molecular flexibility index (Phi) is 6.01. The van der Waals surface area contributed by atoms with Crippen molar-refractivity contribution in [1.82, 2.24) is 0 Å². The predicted molar refractivity (Wildman–Crippen MR) is 89.8 cm³/mol. The molecule has 1 aliphatic heterocycles. The van der Waals surface area contributed by atoms with Crippen LogP contribution in [0.5, 0.6) is 0 Å². The van der Waals surface area contributed by atoms with Crippen molar-refractivity contribution in [2.24, 2.45) is 0 Å². The van der Waals surface area contributed by atoms with Crippen LogP contribution in [0.3, 0.4) is 0 Å². The average molecular weight is 276 g/mol. The van der Waals surface area contributed by atoms with Crippen LogP contribution in [0.15, 0.2) is 24.3 Å². The summed E-state index contributed by atoms with van der Waals surface area (Å²) >= 11 is 0. The number of hydrogen-bond acceptors (Lipinski definition) is 2. The van der Waals surface area contributed by atoms with Gasteiger partial charge in [0.15, 0.2) is 0 Å². The second-order valence-corrected chi connectivity index (χ2v) is 5.11. The molecule has 20 heavy (non-hydrogen) atoms. The van der Waals surface area contributed by atoms with Gasteiger partial charge in [-0.15, -0.1) is 0 Å². The molecular weight excluding hydrogens is 248 g/mol. The van der Waals surface area contributed by atoms with Gasteiger partial charge in [0, 0.05) is 18.2 Å². The molecule has 1 aromatic carbocycles. The van der Waals surface area contributed by atoms with Crippen LogP contribution in [0.25, 0.3) is 5.57 Å². The third kappa shape index (κ3) is 3.21. The van der Waals surface area contributed by atoms with E-state index in [2.05, 4.69) is 13.0 Å². The van der Waals surface area contributed by atoms with E-state index in [0.717, 1.165) is 22.5 Å². The SMILES string of the molecule is C.CC.CC(=O)N1c2ccc(N)cc2C(C)=CC1(C)C. The maximum Gasteiger partial charge on any atom is 0.224 e. The van der Waals surface area contributed by atoms with Gasteiger partial charge in [0.25, 0.3) is 0 Å². The summed E-state index contributed by atoms with van der Waals surface area (Å²) in [6.07, 6.45) is 2.11. The van der Waals surface area contributed by atoms with Gasteiger partial charge in [-0.3, -0.25) is 4.79 Å². The molecule has 2 rings (SSSR count). The van der Waals surface area contributed by atoms with Crippen molar-refractivity contribution >= 4 is 22.9 Å². The highest BCUT2D eigenvalue weighted by Gasteiger charge is 2.33. The van der Waals surface area contributed by atoms with Crippen molar-refractivity contribution in [2.45, 2.75) is 54.5 Å². The molecule has 0 bridgehead atoms. The molecule has 0 radical (unpaired) electrons. The fourth-order valence-corrected chi connectivity index (χ4v) is 2.62. The molecule has 0 aromatic heterocycles. The molecule has 1 heterocycles. The first-order valence-electron chi connectivity index (χ1n) is 6.73. The molecule has 0 saturated heterocycles. The Hall–Kier alpha value is -1.77. The number of nitrogens with two attached hydrogens (primary N) is 1. The minimum atomic E-state index is -0.293. The number of nitrogen functional groups attached to an aromatic ring is 1. The largest absolute Gasteiger partial charge is 0.399 e. The first-order chi connectivity index (χ1) is 8.83. The maximum atomic E-state index is 11.8. The molecule has 1 amide bonds. The van der Waals surface area contributed by atoms with Crippen molar-refractivity contribution in [1.29, 1.82) is 0 Å². The zero-order valence-corrected chi connectivity index (χ0v) is 12.7. The van der Waals surface area contributed by atoms with E-state index in [1.54, 1.807) is 6.92 Å². The predicted octanol–water partition coefficient (Wildman–Crippen LogP) is 4.48. The fourth-order valence-electron chi connectivity index (χ4n) is 2.62. The Morgan fingerprint density at radius 1 is 1.25 bits per heavy atom. The molecule has 1 aliphatic rings. The lowest BCUT2D eigenvalue weighted by Crippen LogP contribution is -2.47. The van der Waals surface area contributed by atoms with Crippen LogP contribution >= 0.6 is 0 Å². The topological polar surface area (TPSA) is 46.3 Å². The van der Waals surface area contributed by atoms with Crippen LogP contribution in [-0.4, -0.2) is 11.4 Å². The number of carbonyl (C=O) groups is 1. The third-order valence-corrected chi connectivity index (χ3v) is 3.15. The van der Waals surface area contributed by atoms with Gasteiger partial charge < -0.3 is 10.6 Å². The number of allylic oxidation sites excluding steroid dienone is 1. The summed E-state index contributed by atoms with van der Waals surface area (Å²) in [4.78, 5) is 13.6. The second kappa shape index (κ2) is 6.60. The monoisotopic (exact) mass is 276 g/mol. The summed E-state index contributed by atoms with van der Waals surface area (Å²) in [5, 5.41) is 0. The number of rotatable bonds is 0. The van der Waals surface area contributed by atoms with Gasteiger partial charge in [-0.25, -0.2) is 0 Å². The minimum Gasteiger partial charge on any atom is -0.399 e. The molecule has 0 fully saturated rings. The average Bonchev–Trinajstić information content (AvgIpc) is 2.31. The van der Waals surface area contributed by atoms with Crippen molar-refractivity contribution < 1.29 is 4.79 Å². The Labute approximate surface area is 123 Å². The number of carbonyl (C=O) groups excluding carboxylic acids is 1. The van der Waals surface area contributed by atoms with Gasteiger partial charge in [0.2, 0.25) is 5.91 Å². The molecule has 0 aliphatic carbocycles. The van der Waals surface area contributed by atoms with Gasteiger partial charge in [-0.1, -0.05) is 27.4 Å². The van der Waals surface area contributed by atoms with Crippen molar-refractivity contribution in [3.05, 3.63) is 29.8 Å². The van der Waals surface area contributed by atoms with Crippen LogP contribution in [-0.2, 0) is 4.79 Å². The standard InChI is InChI=1S/C14H18N2O.C2H6.CH4/c1-9-8-14(3,4)16(10(2)17)13-6-5-11(15)7-12(9)13;1-2;/h5-8H,15H2,1-4H3;1-2H3;1H4. The number of fused-ring (bicyclic) bond motifs is 1. The fraction of sp³-hybridized carbons (Fsp3) is 0.471. The zero-order chi connectivity index (χ0) is 14.8. The van der Waals surface area contributed by atoms with Crippen molar-refractivity contribution in [3.63, 3.8) is 0 Å². The third-order valence-electron chi connectivity index (χ3n) is 3.15. The zero-order valence-electron chi connectivity index (χ0n) is 12.7. The molecule has 0 atom stereocenters. The van der Waals surface area contributed by atoms with Crippen LogP contribution in [0.4, 0.5) is 11.4 Å². The van der Waals surface area contributed by atoms with Crippen LogP contribution in [0.1, 0.15) is 54.5 Å². The lowest BCUT2D eigenvalue weighted by Gasteiger charge is -2.41. The summed E-state index contributed by atoms with van der Waals surface area (Å²) in [5.41, 5.74) is 9.38. The van der Waals surface area contributed by atoms with Crippen molar-refractivity contribution in [2.75, 3.05) is 10.6 Å². The number of hydrogen-bond donors (Lipinski definition) is 1. The first kappa shape index (κ1) is 18.2. The van der Waals surface area contributed by atoms with Gasteiger partial charge in [-0.2, -0.15) is 0 Å². The highest BCUT2D eigenvalue weighted by molar-refractivity contribution is 5.99. The van der Waals surface area contributed by atoms with Gasteiger partial charge >= 0.3 is 0 Å². The molecule has 1 aromatic rings. The first-order valence-corrected chi connectivity index (χ1v) is 6.73. The Morgan fingerprint density at radius 3 is 2.30 bits per heavy atom. The summed E-state index contributed by atoms with van der Waals surface area (Å²) < 4.78 is 0. The molecule has 2 N–H and O–H groups in total. The summed E-state index contributed by atoms with van der Waals surface area (Å²) in [5.74, 6) is 0.0461. The molecule has 3 nitrogen and oxygen atoms in total. The highest BCUT2D eigenvalue weighted by Crippen LogP contribution is 2.39. The molecule has 0 spiro atoms. The van der Waals surface area contributed by atoms with Crippen LogP contribution in [0, 0.1) is 0 Å². The van der Waals surface area contributed by atoms with Crippen LogP contribution < -0.4 is 10.6 Å². The maximum absolute atomic E-state index is 11.8. The Balaban J connectivity index is 0.00000115. The van der Waals surface area contributed by atoms with E-state index in [1.165, 1.54) is 0 Å². The van der Waals surface area contributed by atoms with E-state index >= 15 is 0 Å². The van der Waals surface area contributed by atoms with Gasteiger partial charge in [-0.05, 0) is 44.5 Å². The summed E-state index contributed by atoms with van der Waals surface area (Å²) in [7, 11) is 0. The number of amides is 1. The second-order valence-electron chi connectivity index (χ2n) is 5.11. The van der Waals surface area contributed by atoms with Crippen molar-refractivity contribution in [3.8, 4) is 0 Å². The molecular formula is C17H28N2O. The molecule has 112 valence electrons. The summed E-state index contributed by atoms with van der Waals surface area (Å²) in [6, 6.07) is 5.68. The molecule has 0 unspecified atom stereocenters. The van der Waals surface area contributed by atoms with E-state index in [9.17, 15) is 4.79 Å². The Bertz CT molecular complexity index is 516. The van der Waals surface area contributed by atoms with Crippen LogP contribution in [0.2, 0.25) is 0 Å². The van der Waals surface area contributed by atoms with E-state index < -0.39 is 0 Å². The van der Waals surface area contributed by atoms with E-state index in [-0.39, 0.29) is 18.9 Å². The van der Waals surface area contributed by atoms with E-state index in [4.69, 9.17) is 5.73 Å². The minimum absolute atomic E-state index is 0. The smallest absolute Gasteiger partial charge is 0.224 e. The van der Waals surface area contributed by atoms with Gasteiger partial charge in [0.1, 0.15) is 0 Å². The molecule has 3 heteroatoms.